The molecule has 1 aliphatic heterocycles. The third-order valence-electron chi connectivity index (χ3n) is 4.23. The highest BCUT2D eigenvalue weighted by molar-refractivity contribution is 5.90. The minimum absolute atomic E-state index is 0.912. The van der Waals surface area contributed by atoms with Gasteiger partial charge in [0.05, 0.1) is 23.3 Å². The highest BCUT2D eigenvalue weighted by Crippen LogP contribution is 2.22. The van der Waals surface area contributed by atoms with Gasteiger partial charge in [0.1, 0.15) is 0 Å². The van der Waals surface area contributed by atoms with Gasteiger partial charge in [-0.1, -0.05) is 91.0 Å². The number of rotatable bonds is 3. The Morgan fingerprint density at radius 1 is 0.556 bits per heavy atom. The van der Waals surface area contributed by atoms with E-state index in [0.717, 1.165) is 33.8 Å². The fourth-order valence-electron chi connectivity index (χ4n) is 2.91. The number of aliphatic imine (C=N–C) groups is 1. The zero-order valence-electron chi connectivity index (χ0n) is 14.9. The smallest absolute Gasteiger partial charge is 0.0871 e. The summed E-state index contributed by atoms with van der Waals surface area (Å²) in [5.41, 5.74) is 6.26. The zero-order valence-corrected chi connectivity index (χ0v) is 14.9. The molecule has 0 saturated carbocycles. The summed E-state index contributed by atoms with van der Waals surface area (Å²) >= 11 is 0. The number of allylic oxidation sites excluding steroid dienone is 1. The number of benzene rings is 3. The third kappa shape index (κ3) is 4.50. The van der Waals surface area contributed by atoms with Gasteiger partial charge in [-0.05, 0) is 34.9 Å². The van der Waals surface area contributed by atoms with E-state index in [2.05, 4.69) is 59.9 Å². The van der Waals surface area contributed by atoms with E-state index in [1.165, 1.54) is 0 Å². The van der Waals surface area contributed by atoms with E-state index in [4.69, 9.17) is 4.99 Å². The molecule has 130 valence electrons. The fraction of sp³-hybridized carbons (Fsp3) is 0. The van der Waals surface area contributed by atoms with E-state index in [1.807, 2.05) is 60.8 Å². The Hall–Kier alpha value is -3.65. The van der Waals surface area contributed by atoms with Gasteiger partial charge in [-0.2, -0.15) is 0 Å². The summed E-state index contributed by atoms with van der Waals surface area (Å²) in [4.78, 5) is 4.72. The van der Waals surface area contributed by atoms with Gasteiger partial charge in [0.2, 0.25) is 0 Å². The summed E-state index contributed by atoms with van der Waals surface area (Å²) in [6.07, 6.45) is 8.20. The Bertz CT molecular complexity index is 1010. The number of nitrogens with zero attached hydrogens (tertiary/aromatic N) is 1. The van der Waals surface area contributed by atoms with E-state index in [-0.39, 0.29) is 0 Å². The van der Waals surface area contributed by atoms with Crippen LogP contribution in [0.25, 0.3) is 18.2 Å². The first-order valence-electron chi connectivity index (χ1n) is 8.98. The van der Waals surface area contributed by atoms with Crippen LogP contribution in [0.2, 0.25) is 0 Å². The molecular weight excluding hydrogens is 328 g/mol. The average molecular weight is 348 g/mol. The molecule has 0 radical (unpaired) electrons. The zero-order chi connectivity index (χ0) is 18.3. The van der Waals surface area contributed by atoms with Crippen LogP contribution in [-0.4, -0.2) is 6.21 Å². The lowest BCUT2D eigenvalue weighted by Gasteiger charge is -2.18. The molecule has 1 heterocycles. The summed E-state index contributed by atoms with van der Waals surface area (Å²) in [6, 6.07) is 30.8. The van der Waals surface area contributed by atoms with Gasteiger partial charge in [0.15, 0.2) is 0 Å². The van der Waals surface area contributed by atoms with Crippen LogP contribution in [0, 0.1) is 0 Å². The lowest BCUT2D eigenvalue weighted by Crippen LogP contribution is -2.19. The Balaban J connectivity index is 1.73. The van der Waals surface area contributed by atoms with Crippen LogP contribution < -0.4 is 5.32 Å². The Labute approximate surface area is 159 Å². The maximum atomic E-state index is 4.72. The van der Waals surface area contributed by atoms with Crippen molar-refractivity contribution in [3.8, 4) is 0 Å². The highest BCUT2D eigenvalue weighted by atomic mass is 15.0. The van der Waals surface area contributed by atoms with Crippen LogP contribution in [0.3, 0.4) is 0 Å². The Morgan fingerprint density at radius 2 is 1.04 bits per heavy atom. The van der Waals surface area contributed by atoms with Gasteiger partial charge >= 0.3 is 0 Å². The summed E-state index contributed by atoms with van der Waals surface area (Å²) in [5.74, 6) is 0. The van der Waals surface area contributed by atoms with Gasteiger partial charge in [0.25, 0.3) is 0 Å². The molecule has 0 spiro atoms. The predicted octanol–water partition coefficient (Wildman–Crippen LogP) is 5.78. The van der Waals surface area contributed by atoms with Crippen LogP contribution in [-0.2, 0) is 0 Å². The summed E-state index contributed by atoms with van der Waals surface area (Å²) < 4.78 is 0. The molecule has 0 aliphatic carbocycles. The quantitative estimate of drug-likeness (QED) is 0.637. The summed E-state index contributed by atoms with van der Waals surface area (Å²) in [7, 11) is 0. The molecule has 3 aromatic rings. The molecule has 0 unspecified atom stereocenters. The third-order valence-corrected chi connectivity index (χ3v) is 4.23. The van der Waals surface area contributed by atoms with Gasteiger partial charge in [0, 0.05) is 0 Å². The van der Waals surface area contributed by atoms with Crippen molar-refractivity contribution in [1.82, 2.24) is 5.32 Å². The molecule has 0 atom stereocenters. The molecule has 0 fully saturated rings. The first-order chi connectivity index (χ1) is 13.4. The van der Waals surface area contributed by atoms with Crippen molar-refractivity contribution >= 4 is 24.4 Å². The number of hydrogen-bond donors (Lipinski definition) is 1. The van der Waals surface area contributed by atoms with Crippen molar-refractivity contribution in [3.63, 3.8) is 0 Å². The molecular formula is C25H20N2. The van der Waals surface area contributed by atoms with Crippen LogP contribution in [0.1, 0.15) is 16.7 Å². The van der Waals surface area contributed by atoms with Gasteiger partial charge in [-0.25, -0.2) is 0 Å². The van der Waals surface area contributed by atoms with E-state index in [9.17, 15) is 0 Å². The first-order valence-corrected chi connectivity index (χ1v) is 8.98. The van der Waals surface area contributed by atoms with Crippen LogP contribution in [0.4, 0.5) is 0 Å². The van der Waals surface area contributed by atoms with Crippen LogP contribution in [0.5, 0.6) is 0 Å². The first kappa shape index (κ1) is 16.8. The standard InChI is InChI=1S/C25H20N2/c1-4-10-20(11-5-1)16-23-19-26-24(17-21-12-6-2-7-13-21)25(27-23)18-22-14-8-3-9-15-22/h1-19,27H. The van der Waals surface area contributed by atoms with Gasteiger partial charge in [-0.15, -0.1) is 0 Å². The van der Waals surface area contributed by atoms with E-state index in [1.54, 1.807) is 0 Å². The highest BCUT2D eigenvalue weighted by Gasteiger charge is 2.11. The van der Waals surface area contributed by atoms with E-state index < -0.39 is 0 Å². The molecule has 2 nitrogen and oxygen atoms in total. The van der Waals surface area contributed by atoms with Gasteiger partial charge < -0.3 is 5.32 Å². The lowest BCUT2D eigenvalue weighted by molar-refractivity contribution is 1.02. The summed E-state index contributed by atoms with van der Waals surface area (Å²) in [6.45, 7) is 0. The molecule has 27 heavy (non-hydrogen) atoms. The Kier molecular flexibility index (Phi) is 5.07. The van der Waals surface area contributed by atoms with Crippen molar-refractivity contribution in [2.75, 3.05) is 0 Å². The molecule has 2 heteroatoms. The second-order valence-corrected chi connectivity index (χ2v) is 6.30. The fourth-order valence-corrected chi connectivity index (χ4v) is 2.91. The maximum absolute atomic E-state index is 4.72. The SMILES string of the molecule is C1=NC(=Cc2ccccc2)C(=Cc2ccccc2)NC1=Cc1ccccc1. The van der Waals surface area contributed by atoms with Crippen molar-refractivity contribution in [3.05, 3.63) is 125 Å². The topological polar surface area (TPSA) is 24.4 Å². The average Bonchev–Trinajstić information content (AvgIpc) is 2.72. The minimum Gasteiger partial charge on any atom is -0.352 e. The minimum atomic E-state index is 0.912. The predicted molar refractivity (Wildman–Crippen MR) is 115 cm³/mol. The van der Waals surface area contributed by atoms with Crippen molar-refractivity contribution in [2.45, 2.75) is 0 Å². The van der Waals surface area contributed by atoms with Crippen molar-refractivity contribution in [2.24, 2.45) is 4.99 Å². The molecule has 0 bridgehead atoms. The molecule has 4 rings (SSSR count). The Morgan fingerprint density at radius 3 is 1.59 bits per heavy atom. The lowest BCUT2D eigenvalue weighted by atomic mass is 10.1. The molecule has 1 aliphatic rings. The second kappa shape index (κ2) is 8.15. The molecule has 3 aromatic carbocycles. The molecule has 0 amide bonds. The number of hydrogen-bond acceptors (Lipinski definition) is 2. The van der Waals surface area contributed by atoms with Gasteiger partial charge in [-0.3, -0.25) is 4.99 Å². The van der Waals surface area contributed by atoms with Crippen LogP contribution in [0.15, 0.2) is 113 Å². The largest absolute Gasteiger partial charge is 0.352 e. The molecule has 1 N–H and O–H groups in total. The monoisotopic (exact) mass is 348 g/mol. The van der Waals surface area contributed by atoms with Crippen LogP contribution >= 0.6 is 0 Å². The molecule has 0 aromatic heterocycles. The van der Waals surface area contributed by atoms with E-state index in [0.29, 0.717) is 0 Å². The molecule has 0 saturated heterocycles. The van der Waals surface area contributed by atoms with Crippen molar-refractivity contribution in [1.29, 1.82) is 0 Å². The maximum Gasteiger partial charge on any atom is 0.0871 e. The number of nitrogens with one attached hydrogen (secondary N) is 1. The second-order valence-electron chi connectivity index (χ2n) is 6.30. The van der Waals surface area contributed by atoms with Crippen molar-refractivity contribution < 1.29 is 0 Å². The van der Waals surface area contributed by atoms with E-state index >= 15 is 0 Å². The summed E-state index contributed by atoms with van der Waals surface area (Å²) in [5, 5.41) is 3.53. The normalized spacial score (nSPS) is 18.0.